The maximum atomic E-state index is 11.2. The Bertz CT molecular complexity index is 2720. The summed E-state index contributed by atoms with van der Waals surface area (Å²) < 4.78 is 11.0. The van der Waals surface area contributed by atoms with Gasteiger partial charge in [-0.25, -0.2) is 14.4 Å². The Morgan fingerprint density at radius 3 is 1.35 bits per heavy atom. The molecule has 0 aliphatic rings. The fraction of sp³-hybridized carbons (Fsp3) is 0.0392. The topological polar surface area (TPSA) is 187 Å². The van der Waals surface area contributed by atoms with Crippen LogP contribution < -0.4 is 4.74 Å². The summed E-state index contributed by atoms with van der Waals surface area (Å²) in [6, 6.07) is 42.5. The van der Waals surface area contributed by atoms with Gasteiger partial charge in [0.15, 0.2) is 0 Å². The summed E-state index contributed by atoms with van der Waals surface area (Å²) in [7, 11) is 0. The fourth-order valence-electron chi connectivity index (χ4n) is 5.63. The summed E-state index contributed by atoms with van der Waals surface area (Å²) in [5.41, 5.74) is 8.35. The smallest absolute Gasteiger partial charge is 0.335 e. The second kappa shape index (κ2) is 24.9. The van der Waals surface area contributed by atoms with Gasteiger partial charge >= 0.3 is 17.9 Å². The predicted molar refractivity (Wildman–Crippen MR) is 242 cm³/mol. The van der Waals surface area contributed by atoms with Crippen molar-refractivity contribution in [2.24, 2.45) is 0 Å². The van der Waals surface area contributed by atoms with Crippen molar-refractivity contribution in [1.29, 1.82) is 0 Å². The van der Waals surface area contributed by atoms with E-state index in [1.165, 1.54) is 36.7 Å². The summed E-state index contributed by atoms with van der Waals surface area (Å²) in [6.45, 7) is 4.07. The maximum Gasteiger partial charge on any atom is 0.335 e. The second-order valence-corrected chi connectivity index (χ2v) is 13.4. The van der Waals surface area contributed by atoms with Crippen LogP contribution in [0.3, 0.4) is 0 Å². The number of hydrogen-bond acceptors (Lipinski definition) is 11. The Kier molecular flexibility index (Phi) is 18.3. The van der Waals surface area contributed by atoms with Gasteiger partial charge in [0.2, 0.25) is 0 Å². The van der Waals surface area contributed by atoms with Crippen LogP contribution in [-0.4, -0.2) is 58.0 Å². The first-order chi connectivity index (χ1) is 31.2. The average Bonchev–Trinajstić information content (AvgIpc) is 3.36. The van der Waals surface area contributed by atoms with Gasteiger partial charge in [-0.1, -0.05) is 73.3 Å². The Morgan fingerprint density at radius 2 is 0.908 bits per heavy atom. The van der Waals surface area contributed by atoms with Crippen LogP contribution in [0.15, 0.2) is 189 Å². The van der Waals surface area contributed by atoms with E-state index >= 15 is 0 Å². The van der Waals surface area contributed by atoms with Crippen LogP contribution in [0.25, 0.3) is 46.3 Å². The number of carbonyl (C=O) groups is 3. The van der Waals surface area contributed by atoms with E-state index in [1.807, 2.05) is 127 Å². The minimum absolute atomic E-state index is 0. The van der Waals surface area contributed by atoms with E-state index in [1.54, 1.807) is 24.8 Å². The van der Waals surface area contributed by atoms with Gasteiger partial charge in [0.05, 0.1) is 45.3 Å². The molecule has 0 saturated carbocycles. The van der Waals surface area contributed by atoms with Crippen LogP contribution in [0.4, 0.5) is 0 Å². The number of nitrogens with zero attached hydrogens (tertiary/aromatic N) is 6. The average molecular weight is 950 g/mol. The van der Waals surface area contributed by atoms with E-state index < -0.39 is 17.9 Å². The van der Waals surface area contributed by atoms with Crippen LogP contribution >= 0.6 is 0 Å². The molecule has 6 aromatic heterocycles. The number of hydrogen-bond donors (Lipinski definition) is 2. The van der Waals surface area contributed by atoms with Crippen molar-refractivity contribution in [1.82, 2.24) is 29.9 Å². The Hall–Kier alpha value is -8.35. The van der Waals surface area contributed by atoms with Crippen LogP contribution in [0.2, 0.25) is 0 Å². The zero-order chi connectivity index (χ0) is 44.9. The van der Waals surface area contributed by atoms with Gasteiger partial charge < -0.3 is 19.7 Å². The van der Waals surface area contributed by atoms with Gasteiger partial charge in [0.1, 0.15) is 19.0 Å². The Balaban J connectivity index is 0.000000212. The summed E-state index contributed by atoms with van der Waals surface area (Å²) in [4.78, 5) is 57.9. The first kappa shape index (κ1) is 47.7. The van der Waals surface area contributed by atoms with E-state index in [-0.39, 0.29) is 37.2 Å². The molecule has 0 bridgehead atoms. The molecule has 2 aromatic carbocycles. The molecule has 0 unspecified atom stereocenters. The molecule has 0 saturated heterocycles. The molecular formula is C51H40N6O7Ru. The van der Waals surface area contributed by atoms with Gasteiger partial charge in [-0.3, -0.25) is 29.9 Å². The van der Waals surface area contributed by atoms with Crippen LogP contribution in [0.5, 0.6) is 5.75 Å². The normalized spacial score (nSPS) is 10.2. The number of benzene rings is 2. The second-order valence-electron chi connectivity index (χ2n) is 13.4. The number of carboxylic acid groups (broad SMARTS) is 2. The van der Waals surface area contributed by atoms with Gasteiger partial charge in [-0.2, -0.15) is 0 Å². The number of rotatable bonds is 13. The summed E-state index contributed by atoms with van der Waals surface area (Å²) in [6.07, 6.45) is 15.0. The van der Waals surface area contributed by atoms with Crippen molar-refractivity contribution in [3.05, 3.63) is 223 Å². The molecular weight excluding hydrogens is 910 g/mol. The molecule has 0 amide bonds. The summed E-state index contributed by atoms with van der Waals surface area (Å²) in [5, 5.41) is 17.7. The minimum Gasteiger partial charge on any atom is -0.489 e. The van der Waals surface area contributed by atoms with Gasteiger partial charge in [0, 0.05) is 62.7 Å². The van der Waals surface area contributed by atoms with E-state index in [0.29, 0.717) is 18.0 Å². The number of esters is 1. The minimum atomic E-state index is -1.08. The molecule has 8 rings (SSSR count). The van der Waals surface area contributed by atoms with Crippen molar-refractivity contribution in [3.8, 4) is 39.9 Å². The standard InChI is InChI=1S/C29H24N2O3.C12H8N2O4.C10H8N2.Ru/c1-2-29(32)34-20-24-10-8-22(9-11-24)6-7-23-12-14-26(15-13-23)33-21-25-16-18-31-28(19-25)27-5-3-4-17-30-27;15-11(16)7-1-3-13-9(5-7)10-6-8(12(17)18)2-4-14-10;1-3-7-11-9(5-1)10-6-2-4-8-12-10;/h2-19H,1,20-21H2;1-6H,(H,15,16)(H,17,18);1-8H;. The molecule has 14 heteroatoms. The third-order valence-corrected chi connectivity index (χ3v) is 8.90. The third kappa shape index (κ3) is 15.2. The van der Waals surface area contributed by atoms with Crippen LogP contribution in [0.1, 0.15) is 43.0 Å². The molecule has 0 aliphatic heterocycles. The van der Waals surface area contributed by atoms with Crippen LogP contribution in [0, 0.1) is 0 Å². The first-order valence-electron chi connectivity index (χ1n) is 19.6. The SMILES string of the molecule is C=CC(=O)OCc1ccc(C=Cc2ccc(OCc3ccnc(-c4ccccn4)c3)cc2)cc1.O=C(O)c1ccnc(-c2cc(C(=O)O)ccn2)c1.[Ru].c1ccc(-c2ccccn2)nc1. The number of carbonyl (C=O) groups excluding carboxylic acids is 1. The number of pyridine rings is 6. The van der Waals surface area contributed by atoms with Crippen molar-refractivity contribution in [3.63, 3.8) is 0 Å². The van der Waals surface area contributed by atoms with Gasteiger partial charge in [-0.15, -0.1) is 0 Å². The molecule has 0 radical (unpaired) electrons. The first-order valence-corrected chi connectivity index (χ1v) is 19.6. The van der Waals surface area contributed by atoms with E-state index in [2.05, 4.69) is 36.5 Å². The molecule has 6 heterocycles. The summed E-state index contributed by atoms with van der Waals surface area (Å²) in [5.74, 6) is -1.78. The molecule has 0 aliphatic carbocycles. The van der Waals surface area contributed by atoms with Crippen molar-refractivity contribution < 1.29 is 53.5 Å². The summed E-state index contributed by atoms with van der Waals surface area (Å²) >= 11 is 0. The zero-order valence-electron chi connectivity index (χ0n) is 34.6. The molecule has 2 N–H and O–H groups in total. The molecule has 65 heavy (non-hydrogen) atoms. The molecule has 0 atom stereocenters. The van der Waals surface area contributed by atoms with E-state index in [4.69, 9.17) is 19.7 Å². The largest absolute Gasteiger partial charge is 0.489 e. The quantitative estimate of drug-likeness (QED) is 0.0482. The van der Waals surface area contributed by atoms with E-state index in [9.17, 15) is 14.4 Å². The van der Waals surface area contributed by atoms with Crippen molar-refractivity contribution in [2.45, 2.75) is 13.2 Å². The van der Waals surface area contributed by atoms with E-state index in [0.717, 1.165) is 56.9 Å². The fourth-order valence-corrected chi connectivity index (χ4v) is 5.63. The third-order valence-electron chi connectivity index (χ3n) is 8.90. The Labute approximate surface area is 387 Å². The number of carboxylic acids is 2. The maximum absolute atomic E-state index is 11.2. The molecule has 13 nitrogen and oxygen atoms in total. The predicted octanol–water partition coefficient (Wildman–Crippen LogP) is 9.80. The molecule has 8 aromatic rings. The zero-order valence-corrected chi connectivity index (χ0v) is 36.3. The molecule has 0 spiro atoms. The van der Waals surface area contributed by atoms with Gasteiger partial charge in [0.25, 0.3) is 0 Å². The number of ether oxygens (including phenoxy) is 2. The van der Waals surface area contributed by atoms with Crippen LogP contribution in [-0.2, 0) is 42.2 Å². The number of aromatic carboxylic acids is 2. The monoisotopic (exact) mass is 950 g/mol. The molecule has 324 valence electrons. The van der Waals surface area contributed by atoms with Crippen molar-refractivity contribution in [2.75, 3.05) is 0 Å². The number of aromatic nitrogens is 6. The Morgan fingerprint density at radius 1 is 0.477 bits per heavy atom. The van der Waals surface area contributed by atoms with Crippen molar-refractivity contribution >= 4 is 30.1 Å². The molecule has 0 fully saturated rings. The van der Waals surface area contributed by atoms with Gasteiger partial charge in [-0.05, 0) is 107 Å².